The zero-order valence-corrected chi connectivity index (χ0v) is 14.9. The van der Waals surface area contributed by atoms with Crippen LogP contribution in [0, 0.1) is 40.4 Å². The first-order valence-electron chi connectivity index (χ1n) is 9.97. The van der Waals surface area contributed by atoms with Gasteiger partial charge in [0, 0.05) is 5.92 Å². The maximum absolute atomic E-state index is 12.2. The molecule has 124 valence electrons. The maximum atomic E-state index is 12.2. The van der Waals surface area contributed by atoms with Crippen LogP contribution in [-0.2, 0) is 4.79 Å². The summed E-state index contributed by atoms with van der Waals surface area (Å²) in [5.41, 5.74) is 0.974. The summed E-state index contributed by atoms with van der Waals surface area (Å²) in [7, 11) is 0. The van der Waals surface area contributed by atoms with Crippen LogP contribution < -0.4 is 0 Å². The van der Waals surface area contributed by atoms with Crippen LogP contribution in [0.2, 0.25) is 0 Å². The van der Waals surface area contributed by atoms with E-state index < -0.39 is 0 Å². The highest BCUT2D eigenvalue weighted by molar-refractivity contribution is 5.79. The summed E-state index contributed by atoms with van der Waals surface area (Å²) >= 11 is 0. The average molecular weight is 303 g/mol. The van der Waals surface area contributed by atoms with Gasteiger partial charge in [0.1, 0.15) is 5.78 Å². The topological polar surface area (TPSA) is 17.1 Å². The molecule has 1 nitrogen and oxygen atoms in total. The monoisotopic (exact) mass is 302 g/mol. The van der Waals surface area contributed by atoms with Crippen molar-refractivity contribution in [2.75, 3.05) is 0 Å². The smallest absolute Gasteiger partial charge is 0.133 e. The number of rotatable bonds is 1. The molecule has 4 saturated carbocycles. The second-order valence-electron chi connectivity index (χ2n) is 9.69. The summed E-state index contributed by atoms with van der Waals surface area (Å²) in [4.78, 5) is 12.2. The molecule has 0 aliphatic heterocycles. The van der Waals surface area contributed by atoms with Gasteiger partial charge in [-0.3, -0.25) is 4.79 Å². The summed E-state index contributed by atoms with van der Waals surface area (Å²) in [5, 5.41) is 0. The SMILES string of the molecule is CC(=O)C1CCC2C3CCC4CCCC[C@]4(C)C3CCC12C. The zero-order valence-electron chi connectivity index (χ0n) is 14.9. The molecule has 0 N–H and O–H groups in total. The standard InChI is InChI=1S/C21H34O/c1-14(22)17-9-10-18-16-8-7-15-6-4-5-12-20(15,2)19(16)11-13-21(17,18)3/h15-19H,4-13H2,1-3H3/t15?,16?,17?,18?,19?,20-,21?/m0/s1. The minimum atomic E-state index is 0.338. The predicted octanol–water partition coefficient (Wildman–Crippen LogP) is 5.62. The summed E-state index contributed by atoms with van der Waals surface area (Å²) < 4.78 is 0. The fourth-order valence-electron chi connectivity index (χ4n) is 7.96. The average Bonchev–Trinajstić information content (AvgIpc) is 2.84. The molecule has 4 aliphatic rings. The van der Waals surface area contributed by atoms with Crippen molar-refractivity contribution in [2.45, 2.75) is 85.0 Å². The third kappa shape index (κ3) is 1.93. The van der Waals surface area contributed by atoms with E-state index >= 15 is 0 Å². The second kappa shape index (κ2) is 5.08. The highest BCUT2D eigenvalue weighted by Gasteiger charge is 2.60. The van der Waals surface area contributed by atoms with E-state index in [0.29, 0.717) is 22.5 Å². The molecule has 0 saturated heterocycles. The van der Waals surface area contributed by atoms with Gasteiger partial charge >= 0.3 is 0 Å². The summed E-state index contributed by atoms with van der Waals surface area (Å²) in [5.74, 6) is 4.60. The molecule has 0 heterocycles. The lowest BCUT2D eigenvalue weighted by Gasteiger charge is -2.60. The van der Waals surface area contributed by atoms with Gasteiger partial charge in [-0.05, 0) is 92.8 Å². The molecule has 4 fully saturated rings. The van der Waals surface area contributed by atoms with Gasteiger partial charge in [0.25, 0.3) is 0 Å². The minimum absolute atomic E-state index is 0.338. The molecule has 4 aliphatic carbocycles. The molecule has 0 aromatic heterocycles. The molecule has 0 amide bonds. The van der Waals surface area contributed by atoms with Gasteiger partial charge in [0.05, 0.1) is 0 Å². The highest BCUT2D eigenvalue weighted by Crippen LogP contribution is 2.67. The first kappa shape index (κ1) is 15.2. The lowest BCUT2D eigenvalue weighted by Crippen LogP contribution is -2.53. The van der Waals surface area contributed by atoms with Gasteiger partial charge in [-0.25, -0.2) is 0 Å². The molecule has 0 spiro atoms. The number of hydrogen-bond donors (Lipinski definition) is 0. The Bertz CT molecular complexity index is 469. The highest BCUT2D eigenvalue weighted by atomic mass is 16.1. The molecule has 7 atom stereocenters. The van der Waals surface area contributed by atoms with Crippen molar-refractivity contribution >= 4 is 5.78 Å². The Hall–Kier alpha value is -0.330. The fourth-order valence-corrected chi connectivity index (χ4v) is 7.96. The van der Waals surface area contributed by atoms with Crippen molar-refractivity contribution in [3.8, 4) is 0 Å². The third-order valence-corrected chi connectivity index (χ3v) is 9.07. The van der Waals surface area contributed by atoms with Crippen molar-refractivity contribution in [3.63, 3.8) is 0 Å². The minimum Gasteiger partial charge on any atom is -0.300 e. The Kier molecular flexibility index (Phi) is 3.51. The largest absolute Gasteiger partial charge is 0.300 e. The van der Waals surface area contributed by atoms with Crippen molar-refractivity contribution in [2.24, 2.45) is 40.4 Å². The van der Waals surface area contributed by atoms with Gasteiger partial charge in [-0.2, -0.15) is 0 Å². The van der Waals surface area contributed by atoms with Gasteiger partial charge in [-0.15, -0.1) is 0 Å². The molecule has 0 aromatic carbocycles. The van der Waals surface area contributed by atoms with Gasteiger partial charge in [-0.1, -0.05) is 26.7 Å². The molecule has 0 radical (unpaired) electrons. The molecule has 1 heteroatoms. The number of ketones is 1. The van der Waals surface area contributed by atoms with Gasteiger partial charge in [0.2, 0.25) is 0 Å². The molecule has 0 bridgehead atoms. The van der Waals surface area contributed by atoms with E-state index in [1.807, 2.05) is 6.92 Å². The Labute approximate surface area is 136 Å². The number of Topliss-reactive ketones (excluding diaryl/α,β-unsaturated/α-hetero) is 1. The fraction of sp³-hybridized carbons (Fsp3) is 0.952. The Morgan fingerprint density at radius 1 is 0.818 bits per heavy atom. The van der Waals surface area contributed by atoms with Crippen LogP contribution in [-0.4, -0.2) is 5.78 Å². The first-order valence-corrected chi connectivity index (χ1v) is 9.97. The number of fused-ring (bicyclic) bond motifs is 5. The van der Waals surface area contributed by atoms with Crippen LogP contribution in [0.25, 0.3) is 0 Å². The number of hydrogen-bond acceptors (Lipinski definition) is 1. The van der Waals surface area contributed by atoms with Crippen LogP contribution in [0.15, 0.2) is 0 Å². The number of carbonyl (C=O) groups excluding carboxylic acids is 1. The third-order valence-electron chi connectivity index (χ3n) is 9.07. The summed E-state index contributed by atoms with van der Waals surface area (Å²) in [6.07, 6.45) is 14.1. The van der Waals surface area contributed by atoms with E-state index in [1.54, 1.807) is 0 Å². The normalized spacial score (nSPS) is 54.2. The lowest BCUT2D eigenvalue weighted by molar-refractivity contribution is -0.133. The van der Waals surface area contributed by atoms with Crippen molar-refractivity contribution in [3.05, 3.63) is 0 Å². The van der Waals surface area contributed by atoms with E-state index in [2.05, 4.69) is 13.8 Å². The van der Waals surface area contributed by atoms with Crippen LogP contribution in [0.5, 0.6) is 0 Å². The predicted molar refractivity (Wildman–Crippen MR) is 90.5 cm³/mol. The Balaban J connectivity index is 1.63. The van der Waals surface area contributed by atoms with E-state index in [9.17, 15) is 4.79 Å². The van der Waals surface area contributed by atoms with Crippen molar-refractivity contribution < 1.29 is 4.79 Å². The van der Waals surface area contributed by atoms with E-state index in [4.69, 9.17) is 0 Å². The maximum Gasteiger partial charge on any atom is 0.133 e. The molecule has 0 aromatic rings. The zero-order chi connectivity index (χ0) is 15.5. The van der Waals surface area contributed by atoms with E-state index in [-0.39, 0.29) is 0 Å². The molecular weight excluding hydrogens is 268 g/mol. The van der Waals surface area contributed by atoms with Gasteiger partial charge in [0.15, 0.2) is 0 Å². The molecular formula is C21H34O. The van der Waals surface area contributed by atoms with E-state index in [0.717, 1.165) is 23.7 Å². The second-order valence-corrected chi connectivity index (χ2v) is 9.69. The van der Waals surface area contributed by atoms with Crippen LogP contribution in [0.3, 0.4) is 0 Å². The number of carbonyl (C=O) groups is 1. The lowest BCUT2D eigenvalue weighted by atomic mass is 9.45. The van der Waals surface area contributed by atoms with Gasteiger partial charge < -0.3 is 0 Å². The Morgan fingerprint density at radius 3 is 2.36 bits per heavy atom. The summed E-state index contributed by atoms with van der Waals surface area (Å²) in [6, 6.07) is 0. The molecule has 6 unspecified atom stereocenters. The quantitative estimate of drug-likeness (QED) is 0.614. The van der Waals surface area contributed by atoms with E-state index in [1.165, 1.54) is 64.2 Å². The van der Waals surface area contributed by atoms with Crippen molar-refractivity contribution in [1.82, 2.24) is 0 Å². The first-order chi connectivity index (χ1) is 10.5. The van der Waals surface area contributed by atoms with Crippen LogP contribution in [0.1, 0.15) is 85.0 Å². The summed E-state index contributed by atoms with van der Waals surface area (Å²) in [6.45, 7) is 6.97. The molecule has 22 heavy (non-hydrogen) atoms. The van der Waals surface area contributed by atoms with Crippen LogP contribution >= 0.6 is 0 Å². The van der Waals surface area contributed by atoms with Crippen LogP contribution in [0.4, 0.5) is 0 Å². The Morgan fingerprint density at radius 2 is 1.59 bits per heavy atom. The van der Waals surface area contributed by atoms with Crippen molar-refractivity contribution in [1.29, 1.82) is 0 Å². The molecule has 4 rings (SSSR count).